The number of non-ortho nitro benzene ring substituents is 1. The SMILES string of the molecule is O=[N+]([O-])c1cccc(C2C3=C(CCC3)NC3=C2SCCC3)c1. The molecule has 0 amide bonds. The van der Waals surface area contributed by atoms with Crippen LogP contribution in [0.2, 0.25) is 0 Å². The molecule has 2 heterocycles. The summed E-state index contributed by atoms with van der Waals surface area (Å²) in [5.74, 6) is 1.38. The molecule has 0 radical (unpaired) electrons. The lowest BCUT2D eigenvalue weighted by molar-refractivity contribution is -0.384. The minimum atomic E-state index is -0.294. The van der Waals surface area contributed by atoms with Gasteiger partial charge in [-0.15, -0.1) is 11.8 Å². The first-order valence-corrected chi connectivity index (χ1v) is 8.82. The van der Waals surface area contributed by atoms with E-state index in [4.69, 9.17) is 0 Å². The fourth-order valence-electron chi connectivity index (χ4n) is 3.76. The molecule has 4 rings (SSSR count). The highest BCUT2D eigenvalue weighted by molar-refractivity contribution is 8.03. The first-order valence-electron chi connectivity index (χ1n) is 7.83. The number of nitro benzene ring substituents is 1. The summed E-state index contributed by atoms with van der Waals surface area (Å²) in [5.41, 5.74) is 5.45. The van der Waals surface area contributed by atoms with Crippen molar-refractivity contribution >= 4 is 17.4 Å². The minimum absolute atomic E-state index is 0.194. The monoisotopic (exact) mass is 314 g/mol. The third-order valence-electron chi connectivity index (χ3n) is 4.71. The highest BCUT2D eigenvalue weighted by Crippen LogP contribution is 2.50. The topological polar surface area (TPSA) is 55.2 Å². The lowest BCUT2D eigenvalue weighted by Gasteiger charge is -2.34. The maximum absolute atomic E-state index is 11.1. The summed E-state index contributed by atoms with van der Waals surface area (Å²) in [5, 5.41) is 14.8. The molecule has 1 unspecified atom stereocenters. The molecular weight excluding hydrogens is 296 g/mol. The largest absolute Gasteiger partial charge is 0.362 e. The number of nitrogens with one attached hydrogen (secondary N) is 1. The van der Waals surface area contributed by atoms with Crippen LogP contribution >= 0.6 is 11.8 Å². The Bertz CT molecular complexity index is 708. The van der Waals surface area contributed by atoms with E-state index in [1.54, 1.807) is 12.1 Å². The van der Waals surface area contributed by atoms with Crippen LogP contribution in [0.5, 0.6) is 0 Å². The lowest BCUT2D eigenvalue weighted by Crippen LogP contribution is -2.25. The van der Waals surface area contributed by atoms with E-state index >= 15 is 0 Å². The number of thioether (sulfide) groups is 1. The van der Waals surface area contributed by atoms with E-state index in [0.717, 1.165) is 30.6 Å². The van der Waals surface area contributed by atoms with Gasteiger partial charge in [0.2, 0.25) is 0 Å². The van der Waals surface area contributed by atoms with Crippen molar-refractivity contribution in [3.63, 3.8) is 0 Å². The molecular formula is C17H18N2O2S. The van der Waals surface area contributed by atoms with Crippen LogP contribution in [0.15, 0.2) is 46.1 Å². The van der Waals surface area contributed by atoms with Crippen LogP contribution < -0.4 is 5.32 Å². The van der Waals surface area contributed by atoms with Crippen LogP contribution in [-0.4, -0.2) is 10.7 Å². The zero-order valence-electron chi connectivity index (χ0n) is 12.3. The van der Waals surface area contributed by atoms with Crippen LogP contribution in [0.4, 0.5) is 5.69 Å². The molecule has 0 fully saturated rings. The number of dihydropyridines is 1. The highest BCUT2D eigenvalue weighted by atomic mass is 32.2. The Labute approximate surface area is 133 Å². The normalized spacial score (nSPS) is 23.9. The Morgan fingerprint density at radius 1 is 1.18 bits per heavy atom. The van der Waals surface area contributed by atoms with Crippen molar-refractivity contribution < 1.29 is 4.92 Å². The molecule has 2 aliphatic heterocycles. The average Bonchev–Trinajstić information content (AvgIpc) is 3.00. The predicted octanol–water partition coefficient (Wildman–Crippen LogP) is 4.46. The molecule has 0 spiro atoms. The van der Waals surface area contributed by atoms with E-state index < -0.39 is 0 Å². The predicted molar refractivity (Wildman–Crippen MR) is 88.6 cm³/mol. The summed E-state index contributed by atoms with van der Waals surface area (Å²) in [6, 6.07) is 7.21. The fourth-order valence-corrected chi connectivity index (χ4v) is 5.04. The van der Waals surface area contributed by atoms with Crippen LogP contribution in [0.3, 0.4) is 0 Å². The minimum Gasteiger partial charge on any atom is -0.362 e. The number of hydrogen-bond acceptors (Lipinski definition) is 4. The van der Waals surface area contributed by atoms with Gasteiger partial charge in [-0.05, 0) is 49.0 Å². The van der Waals surface area contributed by atoms with Gasteiger partial charge in [0.25, 0.3) is 5.69 Å². The van der Waals surface area contributed by atoms with E-state index in [1.165, 1.54) is 34.7 Å². The van der Waals surface area contributed by atoms with Crippen molar-refractivity contribution in [2.24, 2.45) is 0 Å². The van der Waals surface area contributed by atoms with Crippen LogP contribution in [0.25, 0.3) is 0 Å². The zero-order chi connectivity index (χ0) is 15.1. The lowest BCUT2D eigenvalue weighted by atomic mass is 9.86. The van der Waals surface area contributed by atoms with Crippen molar-refractivity contribution in [1.29, 1.82) is 0 Å². The maximum Gasteiger partial charge on any atom is 0.269 e. The number of nitro groups is 1. The Balaban J connectivity index is 1.82. The molecule has 114 valence electrons. The smallest absolute Gasteiger partial charge is 0.269 e. The Hall–Kier alpha value is -1.75. The molecule has 0 bridgehead atoms. The Morgan fingerprint density at radius 3 is 2.91 bits per heavy atom. The summed E-state index contributed by atoms with van der Waals surface area (Å²) in [4.78, 5) is 12.2. The Kier molecular flexibility index (Phi) is 3.45. The molecule has 1 aliphatic carbocycles. The quantitative estimate of drug-likeness (QED) is 0.647. The van der Waals surface area contributed by atoms with Crippen molar-refractivity contribution in [3.8, 4) is 0 Å². The van der Waals surface area contributed by atoms with Crippen LogP contribution in [0, 0.1) is 10.1 Å². The summed E-state index contributed by atoms with van der Waals surface area (Å²) in [6.07, 6.45) is 5.72. The number of nitrogens with zero attached hydrogens (tertiary/aromatic N) is 1. The van der Waals surface area contributed by atoms with Gasteiger partial charge in [0.15, 0.2) is 0 Å². The van der Waals surface area contributed by atoms with Gasteiger partial charge in [-0.1, -0.05) is 12.1 Å². The second-order valence-corrected chi connectivity index (χ2v) is 7.20. The molecule has 1 aromatic carbocycles. The third kappa shape index (κ3) is 2.24. The zero-order valence-corrected chi connectivity index (χ0v) is 13.1. The standard InChI is InChI=1S/C17H18N2O2S/c20-19(21)12-5-1-4-11(10-12)16-13-6-2-7-14(13)18-15-8-3-9-22-17(15)16/h1,4-5,10,16,18H,2-3,6-9H2. The van der Waals surface area contributed by atoms with Crippen molar-refractivity contribution in [3.05, 3.63) is 61.8 Å². The second-order valence-electron chi connectivity index (χ2n) is 6.06. The van der Waals surface area contributed by atoms with Gasteiger partial charge in [-0.25, -0.2) is 0 Å². The first-order chi connectivity index (χ1) is 10.7. The van der Waals surface area contributed by atoms with Gasteiger partial charge in [0.05, 0.1) is 4.92 Å². The number of rotatable bonds is 2. The average molecular weight is 314 g/mol. The van der Waals surface area contributed by atoms with E-state index in [2.05, 4.69) is 5.32 Å². The van der Waals surface area contributed by atoms with E-state index in [1.807, 2.05) is 23.9 Å². The first kappa shape index (κ1) is 13.9. The van der Waals surface area contributed by atoms with E-state index in [0.29, 0.717) is 0 Å². The molecule has 1 N–H and O–H groups in total. The third-order valence-corrected chi connectivity index (χ3v) is 6.00. The molecule has 3 aliphatic rings. The summed E-state index contributed by atoms with van der Waals surface area (Å²) in [6.45, 7) is 0. The molecule has 22 heavy (non-hydrogen) atoms. The molecule has 0 aromatic heterocycles. The summed E-state index contributed by atoms with van der Waals surface area (Å²) < 4.78 is 0. The second kappa shape index (κ2) is 5.47. The molecule has 0 saturated heterocycles. The van der Waals surface area contributed by atoms with E-state index in [9.17, 15) is 10.1 Å². The summed E-state index contributed by atoms with van der Waals surface area (Å²) >= 11 is 1.93. The molecule has 1 atom stereocenters. The summed E-state index contributed by atoms with van der Waals surface area (Å²) in [7, 11) is 0. The molecule has 0 saturated carbocycles. The maximum atomic E-state index is 11.1. The van der Waals surface area contributed by atoms with Gasteiger partial charge in [-0.2, -0.15) is 0 Å². The van der Waals surface area contributed by atoms with E-state index in [-0.39, 0.29) is 16.5 Å². The van der Waals surface area contributed by atoms with Crippen molar-refractivity contribution in [2.45, 2.75) is 38.0 Å². The van der Waals surface area contributed by atoms with Crippen LogP contribution in [-0.2, 0) is 0 Å². The van der Waals surface area contributed by atoms with Gasteiger partial charge >= 0.3 is 0 Å². The van der Waals surface area contributed by atoms with Crippen LogP contribution in [0.1, 0.15) is 43.6 Å². The van der Waals surface area contributed by atoms with Gasteiger partial charge in [0.1, 0.15) is 0 Å². The molecule has 5 heteroatoms. The number of hydrogen-bond donors (Lipinski definition) is 1. The van der Waals surface area contributed by atoms with Crippen molar-refractivity contribution in [2.75, 3.05) is 5.75 Å². The van der Waals surface area contributed by atoms with Gasteiger partial charge < -0.3 is 5.32 Å². The molecule has 4 nitrogen and oxygen atoms in total. The highest BCUT2D eigenvalue weighted by Gasteiger charge is 2.35. The van der Waals surface area contributed by atoms with Crippen molar-refractivity contribution in [1.82, 2.24) is 5.32 Å². The fraction of sp³-hybridized carbons (Fsp3) is 0.412. The van der Waals surface area contributed by atoms with Gasteiger partial charge in [0, 0.05) is 34.3 Å². The molecule has 1 aromatic rings. The number of benzene rings is 1. The van der Waals surface area contributed by atoms with Gasteiger partial charge in [-0.3, -0.25) is 10.1 Å². The number of allylic oxidation sites excluding steroid dienone is 4. The Morgan fingerprint density at radius 2 is 2.05 bits per heavy atom.